The third kappa shape index (κ3) is 4.43. The van der Waals surface area contributed by atoms with E-state index < -0.39 is 23.8 Å². The third-order valence-corrected chi connectivity index (χ3v) is 5.02. The highest BCUT2D eigenvalue weighted by Crippen LogP contribution is 2.29. The number of benzene rings is 3. The molecule has 0 saturated heterocycles. The number of rotatable bonds is 3. The molecule has 1 atom stereocenters. The van der Waals surface area contributed by atoms with Gasteiger partial charge in [0, 0.05) is 23.9 Å². The standard InChI is InChI=1S/C23H20F2N2O2/c24-17-9-16(10-18(25)12-17)15-4-1-5-19(11-15)26-23(29)27-22-6-2-3-14-7-8-20(28)13-21(14)22/h1-6,9-12,20,28H,7-8,13H2,(H2,26,27,29). The number of nitrogens with one attached hydrogen (secondary N) is 2. The van der Waals surface area contributed by atoms with E-state index in [1.807, 2.05) is 18.2 Å². The Morgan fingerprint density at radius 3 is 2.48 bits per heavy atom. The molecule has 0 aromatic heterocycles. The summed E-state index contributed by atoms with van der Waals surface area (Å²) in [5.74, 6) is -1.32. The Hall–Kier alpha value is -3.25. The molecule has 0 saturated carbocycles. The van der Waals surface area contributed by atoms with Gasteiger partial charge in [0.1, 0.15) is 11.6 Å². The monoisotopic (exact) mass is 394 g/mol. The van der Waals surface area contributed by atoms with Gasteiger partial charge in [-0.2, -0.15) is 0 Å². The van der Waals surface area contributed by atoms with Crippen LogP contribution in [-0.2, 0) is 12.8 Å². The zero-order valence-electron chi connectivity index (χ0n) is 15.6. The number of halogens is 2. The summed E-state index contributed by atoms with van der Waals surface area (Å²) in [6.45, 7) is 0. The number of anilines is 2. The molecule has 4 rings (SSSR count). The fourth-order valence-electron chi connectivity index (χ4n) is 3.67. The van der Waals surface area contributed by atoms with Crippen molar-refractivity contribution in [2.75, 3.05) is 10.6 Å². The van der Waals surface area contributed by atoms with Crippen LogP contribution in [0.4, 0.5) is 25.0 Å². The second-order valence-electron chi connectivity index (χ2n) is 7.16. The van der Waals surface area contributed by atoms with Crippen molar-refractivity contribution in [2.45, 2.75) is 25.4 Å². The lowest BCUT2D eigenvalue weighted by molar-refractivity contribution is 0.159. The Balaban J connectivity index is 1.51. The fraction of sp³-hybridized carbons (Fsp3) is 0.174. The molecule has 6 heteroatoms. The lowest BCUT2D eigenvalue weighted by Gasteiger charge is -2.23. The van der Waals surface area contributed by atoms with Crippen LogP contribution in [-0.4, -0.2) is 17.2 Å². The number of fused-ring (bicyclic) bond motifs is 1. The zero-order chi connectivity index (χ0) is 20.4. The van der Waals surface area contributed by atoms with E-state index in [9.17, 15) is 18.7 Å². The Morgan fingerprint density at radius 1 is 0.931 bits per heavy atom. The summed E-state index contributed by atoms with van der Waals surface area (Å²) in [4.78, 5) is 12.5. The first kappa shape index (κ1) is 19.1. The second-order valence-corrected chi connectivity index (χ2v) is 7.16. The van der Waals surface area contributed by atoms with E-state index in [1.54, 1.807) is 24.3 Å². The molecule has 0 fully saturated rings. The van der Waals surface area contributed by atoms with Crippen molar-refractivity contribution < 1.29 is 18.7 Å². The number of aliphatic hydroxyl groups excluding tert-OH is 1. The highest BCUT2D eigenvalue weighted by molar-refractivity contribution is 6.00. The van der Waals surface area contributed by atoms with Crippen LogP contribution in [0.15, 0.2) is 60.7 Å². The van der Waals surface area contributed by atoms with Gasteiger partial charge in [-0.15, -0.1) is 0 Å². The van der Waals surface area contributed by atoms with E-state index in [-0.39, 0.29) is 0 Å². The van der Waals surface area contributed by atoms with Crippen LogP contribution in [0.3, 0.4) is 0 Å². The van der Waals surface area contributed by atoms with Crippen LogP contribution in [0.2, 0.25) is 0 Å². The number of urea groups is 1. The predicted molar refractivity (Wildman–Crippen MR) is 109 cm³/mol. The molecule has 3 aromatic carbocycles. The van der Waals surface area contributed by atoms with Crippen LogP contribution in [0.5, 0.6) is 0 Å². The minimum Gasteiger partial charge on any atom is -0.393 e. The van der Waals surface area contributed by atoms with Crippen molar-refractivity contribution in [2.24, 2.45) is 0 Å². The van der Waals surface area contributed by atoms with E-state index in [4.69, 9.17) is 0 Å². The topological polar surface area (TPSA) is 61.4 Å². The summed E-state index contributed by atoms with van der Waals surface area (Å²) in [6, 6.07) is 15.3. The first-order valence-corrected chi connectivity index (χ1v) is 9.41. The first-order valence-electron chi connectivity index (χ1n) is 9.41. The van der Waals surface area contributed by atoms with Gasteiger partial charge >= 0.3 is 6.03 Å². The Labute approximate surface area is 167 Å². The number of hydrogen-bond acceptors (Lipinski definition) is 2. The molecule has 3 N–H and O–H groups in total. The van der Waals surface area contributed by atoms with Gasteiger partial charge < -0.3 is 15.7 Å². The van der Waals surface area contributed by atoms with E-state index in [0.29, 0.717) is 28.9 Å². The molecular weight excluding hydrogens is 374 g/mol. The number of amides is 2. The number of hydrogen-bond donors (Lipinski definition) is 3. The van der Waals surface area contributed by atoms with Gasteiger partial charge in [-0.05, 0) is 65.4 Å². The van der Waals surface area contributed by atoms with Gasteiger partial charge in [-0.3, -0.25) is 0 Å². The Bertz CT molecular complexity index is 1050. The van der Waals surface area contributed by atoms with Gasteiger partial charge in [0.25, 0.3) is 0 Å². The quantitative estimate of drug-likeness (QED) is 0.577. The molecule has 2 amide bonds. The van der Waals surface area contributed by atoms with Crippen molar-refractivity contribution >= 4 is 17.4 Å². The smallest absolute Gasteiger partial charge is 0.323 e. The highest BCUT2D eigenvalue weighted by atomic mass is 19.1. The van der Waals surface area contributed by atoms with E-state index in [1.165, 1.54) is 12.1 Å². The summed E-state index contributed by atoms with van der Waals surface area (Å²) in [5, 5.41) is 15.5. The van der Waals surface area contributed by atoms with Crippen LogP contribution in [0.1, 0.15) is 17.5 Å². The van der Waals surface area contributed by atoms with Crippen molar-refractivity contribution in [3.8, 4) is 11.1 Å². The summed E-state index contributed by atoms with van der Waals surface area (Å²) in [7, 11) is 0. The first-order chi connectivity index (χ1) is 14.0. The summed E-state index contributed by atoms with van der Waals surface area (Å²) < 4.78 is 27.0. The van der Waals surface area contributed by atoms with Crippen molar-refractivity contribution in [1.29, 1.82) is 0 Å². The molecule has 4 nitrogen and oxygen atoms in total. The van der Waals surface area contributed by atoms with E-state index in [2.05, 4.69) is 10.6 Å². The maximum Gasteiger partial charge on any atom is 0.323 e. The molecule has 1 aliphatic carbocycles. The van der Waals surface area contributed by atoms with Gasteiger partial charge in [-0.25, -0.2) is 13.6 Å². The molecular formula is C23H20F2N2O2. The van der Waals surface area contributed by atoms with Gasteiger partial charge in [-0.1, -0.05) is 24.3 Å². The maximum atomic E-state index is 13.5. The average Bonchev–Trinajstić information content (AvgIpc) is 2.68. The van der Waals surface area contributed by atoms with Crippen LogP contribution in [0.25, 0.3) is 11.1 Å². The van der Waals surface area contributed by atoms with Crippen molar-refractivity contribution in [1.82, 2.24) is 0 Å². The minimum absolute atomic E-state index is 0.387. The van der Waals surface area contributed by atoms with Crippen LogP contribution >= 0.6 is 0 Å². The lowest BCUT2D eigenvalue weighted by Crippen LogP contribution is -2.24. The van der Waals surface area contributed by atoms with Gasteiger partial charge in [0.2, 0.25) is 0 Å². The van der Waals surface area contributed by atoms with Gasteiger partial charge in [0.05, 0.1) is 6.10 Å². The molecule has 0 aliphatic heterocycles. The molecule has 29 heavy (non-hydrogen) atoms. The minimum atomic E-state index is -0.660. The number of aliphatic hydroxyl groups is 1. The summed E-state index contributed by atoms with van der Waals surface area (Å²) in [6.07, 6.45) is 1.60. The van der Waals surface area contributed by atoms with Crippen LogP contribution < -0.4 is 10.6 Å². The van der Waals surface area contributed by atoms with E-state index in [0.717, 1.165) is 30.0 Å². The maximum absolute atomic E-state index is 13.5. The predicted octanol–water partition coefficient (Wildman–Crippen LogP) is 5.13. The van der Waals surface area contributed by atoms with Crippen molar-refractivity contribution in [3.63, 3.8) is 0 Å². The second kappa shape index (κ2) is 8.01. The number of carbonyl (C=O) groups excluding carboxylic acids is 1. The molecule has 148 valence electrons. The van der Waals surface area contributed by atoms with E-state index >= 15 is 0 Å². The average molecular weight is 394 g/mol. The Kier molecular flexibility index (Phi) is 5.27. The molecule has 0 heterocycles. The molecule has 0 radical (unpaired) electrons. The Morgan fingerprint density at radius 2 is 1.69 bits per heavy atom. The summed E-state index contributed by atoms with van der Waals surface area (Å²) in [5.41, 5.74) is 4.21. The number of aryl methyl sites for hydroxylation is 1. The molecule has 0 bridgehead atoms. The zero-order valence-corrected chi connectivity index (χ0v) is 15.6. The van der Waals surface area contributed by atoms with Gasteiger partial charge in [0.15, 0.2) is 0 Å². The highest BCUT2D eigenvalue weighted by Gasteiger charge is 2.20. The summed E-state index contributed by atoms with van der Waals surface area (Å²) >= 11 is 0. The normalized spacial score (nSPS) is 15.5. The SMILES string of the molecule is O=C(Nc1cccc(-c2cc(F)cc(F)c2)c1)Nc1cccc2c1CC(O)CC2. The number of carbonyl (C=O) groups is 1. The molecule has 0 spiro atoms. The fourth-order valence-corrected chi connectivity index (χ4v) is 3.67. The van der Waals surface area contributed by atoms with Crippen LogP contribution in [0, 0.1) is 11.6 Å². The molecule has 3 aromatic rings. The molecule has 1 unspecified atom stereocenters. The molecule has 1 aliphatic rings. The lowest BCUT2D eigenvalue weighted by atomic mass is 9.88. The van der Waals surface area contributed by atoms with Crippen molar-refractivity contribution in [3.05, 3.63) is 83.4 Å². The largest absolute Gasteiger partial charge is 0.393 e. The third-order valence-electron chi connectivity index (χ3n) is 5.02.